The summed E-state index contributed by atoms with van der Waals surface area (Å²) in [4.78, 5) is 18.9. The van der Waals surface area contributed by atoms with E-state index in [1.807, 2.05) is 6.07 Å². The second-order valence-corrected chi connectivity index (χ2v) is 8.90. The molecular weight excluding hydrogens is 384 g/mol. The number of methoxy groups -OCH3 is 3. The molecule has 2 aromatic rings. The number of piperidine rings is 1. The van der Waals surface area contributed by atoms with E-state index in [4.69, 9.17) is 14.2 Å². The van der Waals surface area contributed by atoms with Crippen LogP contribution in [0.15, 0.2) is 18.2 Å². The summed E-state index contributed by atoms with van der Waals surface area (Å²) in [6, 6.07) is 6.44. The van der Waals surface area contributed by atoms with Crippen molar-refractivity contribution in [3.8, 4) is 5.75 Å². The van der Waals surface area contributed by atoms with Crippen LogP contribution in [0.5, 0.6) is 5.75 Å². The first kappa shape index (κ1) is 19.8. The average molecular weight is 415 g/mol. The van der Waals surface area contributed by atoms with Gasteiger partial charge in [-0.15, -0.1) is 0 Å². The molecular formula is C23H30N2O5. The van der Waals surface area contributed by atoms with Gasteiger partial charge in [-0.1, -0.05) is 0 Å². The van der Waals surface area contributed by atoms with Crippen molar-refractivity contribution in [2.45, 2.75) is 37.5 Å². The first-order chi connectivity index (χ1) is 14.5. The number of aliphatic hydroxyl groups excluding tert-OH is 1. The highest BCUT2D eigenvalue weighted by atomic mass is 16.5. The Hall–Kier alpha value is -2.09. The smallest absolute Gasteiger partial charge is 0.311 e. The minimum atomic E-state index is -0.641. The molecule has 30 heavy (non-hydrogen) atoms. The number of aromatic amines is 1. The quantitative estimate of drug-likeness (QED) is 0.750. The Morgan fingerprint density at radius 1 is 1.23 bits per heavy atom. The molecule has 7 heteroatoms. The van der Waals surface area contributed by atoms with E-state index in [9.17, 15) is 9.90 Å². The third-order valence-electron chi connectivity index (χ3n) is 7.62. The second-order valence-electron chi connectivity index (χ2n) is 8.90. The third-order valence-corrected chi connectivity index (χ3v) is 7.62. The summed E-state index contributed by atoms with van der Waals surface area (Å²) in [5, 5.41) is 11.9. The number of hydrogen-bond acceptors (Lipinski definition) is 6. The summed E-state index contributed by atoms with van der Waals surface area (Å²) >= 11 is 0. The highest BCUT2D eigenvalue weighted by Gasteiger charge is 2.53. The van der Waals surface area contributed by atoms with Crippen molar-refractivity contribution < 1.29 is 24.1 Å². The third kappa shape index (κ3) is 2.94. The molecule has 162 valence electrons. The molecule has 1 aromatic heterocycles. The van der Waals surface area contributed by atoms with Gasteiger partial charge in [0.2, 0.25) is 0 Å². The Bertz CT molecular complexity index is 956. The van der Waals surface area contributed by atoms with Crippen molar-refractivity contribution in [3.05, 3.63) is 29.5 Å². The fraction of sp³-hybridized carbons (Fsp3) is 0.609. The summed E-state index contributed by atoms with van der Waals surface area (Å²) < 4.78 is 16.1. The molecule has 1 saturated heterocycles. The van der Waals surface area contributed by atoms with E-state index in [1.165, 1.54) is 23.8 Å². The molecule has 5 rings (SSSR count). The lowest BCUT2D eigenvalue weighted by atomic mass is 9.64. The van der Waals surface area contributed by atoms with Gasteiger partial charge in [0.05, 0.1) is 38.4 Å². The minimum absolute atomic E-state index is 0.124. The molecule has 0 bridgehead atoms. The molecule has 7 nitrogen and oxygen atoms in total. The molecule has 2 fully saturated rings. The molecule has 3 aliphatic rings. The maximum Gasteiger partial charge on any atom is 0.311 e. The Kier molecular flexibility index (Phi) is 5.00. The summed E-state index contributed by atoms with van der Waals surface area (Å²) in [5.74, 6) is 0.514. The van der Waals surface area contributed by atoms with Gasteiger partial charge in [0.15, 0.2) is 0 Å². The molecule has 2 N–H and O–H groups in total. The van der Waals surface area contributed by atoms with Gasteiger partial charge in [-0.05, 0) is 48.8 Å². The summed E-state index contributed by atoms with van der Waals surface area (Å²) in [6.45, 7) is 1.88. The molecule has 0 radical (unpaired) electrons. The zero-order chi connectivity index (χ0) is 21.0. The Morgan fingerprint density at radius 3 is 2.80 bits per heavy atom. The van der Waals surface area contributed by atoms with E-state index < -0.39 is 18.1 Å². The maximum atomic E-state index is 12.7. The fourth-order valence-corrected chi connectivity index (χ4v) is 6.27. The Balaban J connectivity index is 1.52. The molecule has 0 spiro atoms. The van der Waals surface area contributed by atoms with Crippen molar-refractivity contribution in [3.63, 3.8) is 0 Å². The first-order valence-corrected chi connectivity index (χ1v) is 10.8. The highest BCUT2D eigenvalue weighted by Crippen LogP contribution is 2.50. The number of H-pyrrole nitrogens is 1. The number of aliphatic hydroxyl groups is 1. The van der Waals surface area contributed by atoms with E-state index in [0.717, 1.165) is 37.2 Å². The monoisotopic (exact) mass is 414 g/mol. The second kappa shape index (κ2) is 7.55. The van der Waals surface area contributed by atoms with Crippen LogP contribution in [0.3, 0.4) is 0 Å². The van der Waals surface area contributed by atoms with E-state index in [1.54, 1.807) is 14.2 Å². The van der Waals surface area contributed by atoms with Crippen LogP contribution in [0, 0.1) is 17.8 Å². The van der Waals surface area contributed by atoms with Gasteiger partial charge in [-0.25, -0.2) is 0 Å². The van der Waals surface area contributed by atoms with Crippen molar-refractivity contribution in [2.75, 3.05) is 34.4 Å². The molecule has 3 heterocycles. The number of hydrogen-bond donors (Lipinski definition) is 2. The van der Waals surface area contributed by atoms with Gasteiger partial charge in [0.25, 0.3) is 0 Å². The molecule has 1 saturated carbocycles. The standard InChI is InChI=1S/C23H30N2O5/c1-28-13-4-5-14-15-6-7-25-11-12-8-19(26)22(29-2)20(23(27)30-3)16(12)10-18(25)21(15)24-17(14)9-13/h4-5,9,12,16,18-20,22,24,26H,6-8,10-11H2,1-3H3/t12-,16+,18+,19-,20+,22+/m0/s1. The lowest BCUT2D eigenvalue weighted by Crippen LogP contribution is -2.57. The van der Waals surface area contributed by atoms with Crippen LogP contribution < -0.4 is 4.74 Å². The van der Waals surface area contributed by atoms with Crippen LogP contribution in [0.1, 0.15) is 30.1 Å². The summed E-state index contributed by atoms with van der Waals surface area (Å²) in [7, 11) is 4.68. The lowest BCUT2D eigenvalue weighted by molar-refractivity contribution is -0.175. The molecule has 0 amide bonds. The van der Waals surface area contributed by atoms with Crippen LogP contribution in [0.25, 0.3) is 10.9 Å². The number of nitrogens with one attached hydrogen (secondary N) is 1. The van der Waals surface area contributed by atoms with Crippen LogP contribution >= 0.6 is 0 Å². The predicted octanol–water partition coefficient (Wildman–Crippen LogP) is 2.28. The van der Waals surface area contributed by atoms with Gasteiger partial charge in [0, 0.05) is 42.9 Å². The van der Waals surface area contributed by atoms with Crippen LogP contribution in [-0.4, -0.2) is 67.6 Å². The number of nitrogens with zero attached hydrogens (tertiary/aromatic N) is 1. The van der Waals surface area contributed by atoms with Crippen molar-refractivity contribution in [1.29, 1.82) is 0 Å². The SMILES string of the molecule is COC(=O)[C@@H]1[C@@H]2C[C@@H]3c4[nH]c5cc(OC)ccc5c4CCN3C[C@@H]2C[C@H](O)[C@H]1OC. The number of fused-ring (bicyclic) bond motifs is 6. The van der Waals surface area contributed by atoms with E-state index in [-0.39, 0.29) is 23.8 Å². The number of benzene rings is 1. The highest BCUT2D eigenvalue weighted by molar-refractivity contribution is 5.86. The van der Waals surface area contributed by atoms with E-state index in [0.29, 0.717) is 6.42 Å². The maximum absolute atomic E-state index is 12.7. The molecule has 1 aliphatic carbocycles. The number of ether oxygens (including phenoxy) is 3. The number of esters is 1. The summed E-state index contributed by atoms with van der Waals surface area (Å²) in [5.41, 5.74) is 3.73. The Labute approximate surface area is 176 Å². The van der Waals surface area contributed by atoms with E-state index >= 15 is 0 Å². The average Bonchev–Trinajstić information content (AvgIpc) is 3.14. The molecule has 1 aromatic carbocycles. The van der Waals surface area contributed by atoms with Gasteiger partial charge < -0.3 is 24.3 Å². The molecule has 2 aliphatic heterocycles. The minimum Gasteiger partial charge on any atom is -0.497 e. The van der Waals surface area contributed by atoms with Crippen molar-refractivity contribution in [2.24, 2.45) is 17.8 Å². The molecule has 0 unspecified atom stereocenters. The van der Waals surface area contributed by atoms with E-state index in [2.05, 4.69) is 22.0 Å². The van der Waals surface area contributed by atoms with Crippen LogP contribution in [-0.2, 0) is 20.7 Å². The van der Waals surface area contributed by atoms with Gasteiger partial charge in [-0.2, -0.15) is 0 Å². The predicted molar refractivity (Wildman–Crippen MR) is 111 cm³/mol. The van der Waals surface area contributed by atoms with Gasteiger partial charge >= 0.3 is 5.97 Å². The number of carbonyl (C=O) groups excluding carboxylic acids is 1. The summed E-state index contributed by atoms with van der Waals surface area (Å²) in [6.07, 6.45) is 1.36. The zero-order valence-corrected chi connectivity index (χ0v) is 17.8. The van der Waals surface area contributed by atoms with Gasteiger partial charge in [-0.3, -0.25) is 9.69 Å². The lowest BCUT2D eigenvalue weighted by Gasteiger charge is -2.52. The van der Waals surface area contributed by atoms with Crippen molar-refractivity contribution >= 4 is 16.9 Å². The number of carbonyl (C=O) groups is 1. The van der Waals surface area contributed by atoms with Crippen LogP contribution in [0.2, 0.25) is 0 Å². The van der Waals surface area contributed by atoms with Crippen molar-refractivity contribution in [1.82, 2.24) is 9.88 Å². The van der Waals surface area contributed by atoms with Crippen LogP contribution in [0.4, 0.5) is 0 Å². The first-order valence-electron chi connectivity index (χ1n) is 10.8. The fourth-order valence-electron chi connectivity index (χ4n) is 6.27. The van der Waals surface area contributed by atoms with Gasteiger partial charge in [0.1, 0.15) is 5.75 Å². The zero-order valence-electron chi connectivity index (χ0n) is 17.8. The largest absolute Gasteiger partial charge is 0.497 e. The Morgan fingerprint density at radius 2 is 2.07 bits per heavy atom. The topological polar surface area (TPSA) is 84.0 Å². The number of rotatable bonds is 3. The normalized spacial score (nSPS) is 33.5. The molecule has 6 atom stereocenters. The number of aromatic nitrogens is 1.